The van der Waals surface area contributed by atoms with Crippen molar-refractivity contribution >= 4 is 44.8 Å². The van der Waals surface area contributed by atoms with Crippen LogP contribution in [0.4, 0.5) is 0 Å². The third-order valence-corrected chi connectivity index (χ3v) is 4.73. The van der Waals surface area contributed by atoms with Crippen molar-refractivity contribution in [2.45, 2.75) is 0 Å². The number of nitrogens with one attached hydrogen (secondary N) is 1. The van der Waals surface area contributed by atoms with Crippen LogP contribution in [0.2, 0.25) is 5.02 Å². The van der Waals surface area contributed by atoms with E-state index in [4.69, 9.17) is 22.7 Å². The Kier molecular flexibility index (Phi) is 4.15. The number of halogens is 1. The first kappa shape index (κ1) is 16.3. The monoisotopic (exact) mass is 357 g/mol. The lowest BCUT2D eigenvalue weighted by molar-refractivity contribution is 1.41. The number of benzene rings is 4. The van der Waals surface area contributed by atoms with Gasteiger partial charge in [0.05, 0.1) is 0 Å². The van der Waals surface area contributed by atoms with Gasteiger partial charge in [-0.15, -0.1) is 0 Å². The van der Waals surface area contributed by atoms with Crippen molar-refractivity contribution < 1.29 is 0 Å². The predicted molar refractivity (Wildman–Crippen MR) is 110 cm³/mol. The fourth-order valence-electron chi connectivity index (χ4n) is 3.06. The lowest BCUT2D eigenvalue weighted by Crippen LogP contribution is -2.16. The molecule has 4 heteroatoms. The van der Waals surface area contributed by atoms with Gasteiger partial charge < -0.3 is 5.73 Å². The van der Waals surface area contributed by atoms with E-state index >= 15 is 0 Å². The summed E-state index contributed by atoms with van der Waals surface area (Å²) >= 11 is 6.26. The van der Waals surface area contributed by atoms with Crippen LogP contribution < -0.4 is 5.73 Å². The summed E-state index contributed by atoms with van der Waals surface area (Å²) in [6.07, 6.45) is 0. The van der Waals surface area contributed by atoms with E-state index in [0.29, 0.717) is 16.4 Å². The first-order chi connectivity index (χ1) is 12.6. The number of nitrogens with zero attached hydrogens (tertiary/aromatic N) is 1. The summed E-state index contributed by atoms with van der Waals surface area (Å²) in [5, 5.41) is 13.1. The maximum atomic E-state index is 8.41. The summed E-state index contributed by atoms with van der Waals surface area (Å²) in [7, 11) is 0. The van der Waals surface area contributed by atoms with Gasteiger partial charge in [-0.3, -0.25) is 5.41 Å². The number of fused-ring (bicyclic) bond motifs is 2. The van der Waals surface area contributed by atoms with Crippen molar-refractivity contribution in [2.24, 2.45) is 10.7 Å². The normalized spacial score (nSPS) is 11.8. The van der Waals surface area contributed by atoms with E-state index in [0.717, 1.165) is 27.1 Å². The average Bonchev–Trinajstić information content (AvgIpc) is 2.68. The van der Waals surface area contributed by atoms with Crippen molar-refractivity contribution in [3.63, 3.8) is 0 Å². The minimum Gasteiger partial charge on any atom is -0.383 e. The van der Waals surface area contributed by atoms with Gasteiger partial charge in [-0.1, -0.05) is 72.3 Å². The van der Waals surface area contributed by atoms with Crippen molar-refractivity contribution in [3.05, 3.63) is 95.0 Å². The summed E-state index contributed by atoms with van der Waals surface area (Å²) in [6.45, 7) is 0. The Morgan fingerprint density at radius 3 is 2.31 bits per heavy atom. The molecule has 4 aromatic carbocycles. The summed E-state index contributed by atoms with van der Waals surface area (Å²) < 4.78 is 0. The average molecular weight is 358 g/mol. The van der Waals surface area contributed by atoms with Crippen molar-refractivity contribution in [1.29, 1.82) is 5.41 Å². The first-order valence-electron chi connectivity index (χ1n) is 8.23. The molecule has 0 aliphatic carbocycles. The highest BCUT2D eigenvalue weighted by Crippen LogP contribution is 2.27. The number of amidine groups is 2. The third kappa shape index (κ3) is 2.93. The van der Waals surface area contributed by atoms with Crippen LogP contribution in [0.15, 0.2) is 83.9 Å². The summed E-state index contributed by atoms with van der Waals surface area (Å²) in [4.78, 5) is 4.34. The van der Waals surface area contributed by atoms with Crippen LogP contribution in [-0.2, 0) is 0 Å². The molecule has 0 fully saturated rings. The van der Waals surface area contributed by atoms with Crippen molar-refractivity contribution in [1.82, 2.24) is 0 Å². The molecule has 0 atom stereocenters. The van der Waals surface area contributed by atoms with Crippen LogP contribution in [0.5, 0.6) is 0 Å². The molecular weight excluding hydrogens is 342 g/mol. The number of nitrogens with two attached hydrogens (primary N) is 1. The van der Waals surface area contributed by atoms with Gasteiger partial charge in [0.2, 0.25) is 0 Å². The molecule has 0 aliphatic rings. The lowest BCUT2D eigenvalue weighted by Gasteiger charge is -2.08. The minimum atomic E-state index is 0.114. The molecule has 0 aliphatic heterocycles. The lowest BCUT2D eigenvalue weighted by atomic mass is 10.0. The Morgan fingerprint density at radius 1 is 0.808 bits per heavy atom. The van der Waals surface area contributed by atoms with E-state index in [1.165, 1.54) is 0 Å². The molecule has 0 saturated carbocycles. The minimum absolute atomic E-state index is 0.114. The van der Waals surface area contributed by atoms with Crippen LogP contribution in [0.25, 0.3) is 21.5 Å². The second kappa shape index (κ2) is 6.62. The van der Waals surface area contributed by atoms with Crippen LogP contribution in [-0.4, -0.2) is 11.7 Å². The fraction of sp³-hybridized carbons (Fsp3) is 0. The number of hydrogen-bond donors (Lipinski definition) is 2. The Labute approximate surface area is 156 Å². The van der Waals surface area contributed by atoms with E-state index in [1.54, 1.807) is 6.07 Å². The molecular formula is C22H16ClN3. The van der Waals surface area contributed by atoms with Crippen LogP contribution in [0.3, 0.4) is 0 Å². The third-order valence-electron chi connectivity index (χ3n) is 4.40. The summed E-state index contributed by atoms with van der Waals surface area (Å²) in [5.41, 5.74) is 7.68. The maximum Gasteiger partial charge on any atom is 0.154 e. The standard InChI is InChI=1S/C22H16ClN3/c23-20-12-11-19(17-7-3-4-8-18(17)20)22(25)26-21(24)16-10-9-14-5-1-2-6-15(14)13-16/h1-13H,(H3,24,25,26). The maximum absolute atomic E-state index is 8.41. The highest BCUT2D eigenvalue weighted by Gasteiger charge is 2.09. The van der Waals surface area contributed by atoms with Gasteiger partial charge in [-0.25, -0.2) is 4.99 Å². The second-order valence-corrected chi connectivity index (χ2v) is 6.46. The molecule has 0 amide bonds. The van der Waals surface area contributed by atoms with Gasteiger partial charge in [0.15, 0.2) is 5.84 Å². The highest BCUT2D eigenvalue weighted by molar-refractivity contribution is 6.36. The molecule has 0 radical (unpaired) electrons. The Morgan fingerprint density at radius 2 is 1.50 bits per heavy atom. The molecule has 26 heavy (non-hydrogen) atoms. The summed E-state index contributed by atoms with van der Waals surface area (Å²) in [5.74, 6) is 0.434. The zero-order chi connectivity index (χ0) is 18.1. The van der Waals surface area contributed by atoms with Gasteiger partial charge in [0.25, 0.3) is 0 Å². The van der Waals surface area contributed by atoms with Gasteiger partial charge in [-0.2, -0.15) is 0 Å². The molecule has 0 aromatic heterocycles. The zero-order valence-corrected chi connectivity index (χ0v) is 14.7. The van der Waals surface area contributed by atoms with E-state index < -0.39 is 0 Å². The van der Waals surface area contributed by atoms with Crippen molar-refractivity contribution in [3.8, 4) is 0 Å². The Balaban J connectivity index is 1.75. The topological polar surface area (TPSA) is 62.2 Å². The number of hydrogen-bond acceptors (Lipinski definition) is 1. The zero-order valence-electron chi connectivity index (χ0n) is 13.9. The predicted octanol–water partition coefficient (Wildman–Crippen LogP) is 5.38. The van der Waals surface area contributed by atoms with Gasteiger partial charge >= 0.3 is 0 Å². The summed E-state index contributed by atoms with van der Waals surface area (Å²) in [6, 6.07) is 25.3. The van der Waals surface area contributed by atoms with E-state index in [9.17, 15) is 0 Å². The Bertz CT molecular complexity index is 1180. The molecule has 126 valence electrons. The number of aliphatic imine (C=N–C) groups is 1. The fourth-order valence-corrected chi connectivity index (χ4v) is 3.29. The molecule has 0 unspecified atom stereocenters. The molecule has 4 aromatic rings. The molecule has 4 rings (SSSR count). The molecule has 3 N–H and O–H groups in total. The Hall–Kier alpha value is -3.17. The number of rotatable bonds is 2. The highest BCUT2D eigenvalue weighted by atomic mass is 35.5. The van der Waals surface area contributed by atoms with Gasteiger partial charge in [-0.05, 0) is 34.4 Å². The van der Waals surface area contributed by atoms with E-state index in [2.05, 4.69) is 4.99 Å². The molecule has 0 heterocycles. The smallest absolute Gasteiger partial charge is 0.154 e. The van der Waals surface area contributed by atoms with Crippen molar-refractivity contribution in [2.75, 3.05) is 0 Å². The van der Waals surface area contributed by atoms with Crippen LogP contribution in [0, 0.1) is 5.41 Å². The largest absolute Gasteiger partial charge is 0.383 e. The second-order valence-electron chi connectivity index (χ2n) is 6.05. The van der Waals surface area contributed by atoms with E-state index in [-0.39, 0.29) is 5.84 Å². The molecule has 3 nitrogen and oxygen atoms in total. The van der Waals surface area contributed by atoms with Crippen LogP contribution >= 0.6 is 11.6 Å². The van der Waals surface area contributed by atoms with Gasteiger partial charge in [0, 0.05) is 21.5 Å². The van der Waals surface area contributed by atoms with Gasteiger partial charge in [0.1, 0.15) is 5.84 Å². The SMILES string of the molecule is N=C(N=C(N)c1ccc2ccccc2c1)c1ccc(Cl)c2ccccc12. The van der Waals surface area contributed by atoms with E-state index in [1.807, 2.05) is 72.8 Å². The first-order valence-corrected chi connectivity index (χ1v) is 8.61. The quantitative estimate of drug-likeness (QED) is 0.367. The molecule has 0 spiro atoms. The molecule has 0 bridgehead atoms. The molecule has 0 saturated heterocycles. The van der Waals surface area contributed by atoms with Crippen LogP contribution in [0.1, 0.15) is 11.1 Å².